The van der Waals surface area contributed by atoms with Crippen LogP contribution in [0.3, 0.4) is 0 Å². The quantitative estimate of drug-likeness (QED) is 0.172. The molecule has 2 nitrogen and oxygen atoms in total. The molecule has 0 saturated carbocycles. The van der Waals surface area contributed by atoms with E-state index in [9.17, 15) is 0 Å². The van der Waals surface area contributed by atoms with Crippen molar-refractivity contribution in [3.63, 3.8) is 0 Å². The van der Waals surface area contributed by atoms with Gasteiger partial charge in [0.2, 0.25) is 0 Å². The van der Waals surface area contributed by atoms with Crippen molar-refractivity contribution in [1.82, 2.24) is 0 Å². The van der Waals surface area contributed by atoms with Gasteiger partial charge in [0, 0.05) is 21.9 Å². The molecule has 0 N–H and O–H groups in total. The van der Waals surface area contributed by atoms with Crippen LogP contribution in [0.25, 0.3) is 110 Å². The molecule has 0 aliphatic rings. The molecule has 0 saturated heterocycles. The number of benzene rings is 9. The topological polar surface area (TPSA) is 26.3 Å². The van der Waals surface area contributed by atoms with E-state index in [0.29, 0.717) is 0 Å². The molecule has 11 rings (SSSR count). The Balaban J connectivity index is 1.30. The van der Waals surface area contributed by atoms with Gasteiger partial charge in [0.1, 0.15) is 22.7 Å². The van der Waals surface area contributed by atoms with E-state index in [2.05, 4.69) is 172 Å². The summed E-state index contributed by atoms with van der Waals surface area (Å²) in [7, 11) is 0. The zero-order chi connectivity index (χ0) is 36.1. The highest BCUT2D eigenvalue weighted by molar-refractivity contribution is 6.32. The first kappa shape index (κ1) is 30.9. The van der Waals surface area contributed by atoms with Crippen LogP contribution in [0.4, 0.5) is 0 Å². The molecule has 9 aromatic carbocycles. The lowest BCUT2D eigenvalue weighted by Crippen LogP contribution is -2.10. The molecule has 0 aliphatic carbocycles. The van der Waals surface area contributed by atoms with Gasteiger partial charge in [-0.1, -0.05) is 148 Å². The minimum absolute atomic E-state index is 0.0612. The van der Waals surface area contributed by atoms with Crippen molar-refractivity contribution in [1.29, 1.82) is 0 Å². The van der Waals surface area contributed by atoms with E-state index < -0.39 is 0 Å². The maximum Gasteiger partial charge on any atom is 0.136 e. The average molecular weight is 693 g/mol. The Labute approximate surface area is 313 Å². The summed E-state index contributed by atoms with van der Waals surface area (Å²) in [5.74, 6) is 1.74. The van der Waals surface area contributed by atoms with Crippen molar-refractivity contribution in [2.24, 2.45) is 0 Å². The van der Waals surface area contributed by atoms with E-state index >= 15 is 0 Å². The van der Waals surface area contributed by atoms with Gasteiger partial charge in [0.15, 0.2) is 0 Å². The van der Waals surface area contributed by atoms with Gasteiger partial charge in [-0.2, -0.15) is 0 Å². The molecule has 256 valence electrons. The molecule has 0 bridgehead atoms. The Morgan fingerprint density at radius 3 is 1.41 bits per heavy atom. The zero-order valence-electron chi connectivity index (χ0n) is 30.4. The van der Waals surface area contributed by atoms with Crippen LogP contribution in [0.5, 0.6) is 0 Å². The molecule has 54 heavy (non-hydrogen) atoms. The first-order chi connectivity index (χ1) is 26.4. The molecule has 2 aromatic heterocycles. The summed E-state index contributed by atoms with van der Waals surface area (Å²) in [4.78, 5) is 0. The van der Waals surface area contributed by atoms with Crippen LogP contribution in [-0.4, -0.2) is 0 Å². The molecular formula is C52H36O2. The van der Waals surface area contributed by atoms with Crippen molar-refractivity contribution in [3.8, 4) is 44.9 Å². The molecular weight excluding hydrogens is 657 g/mol. The van der Waals surface area contributed by atoms with E-state index in [0.717, 1.165) is 44.6 Å². The van der Waals surface area contributed by atoms with Crippen molar-refractivity contribution in [2.75, 3.05) is 0 Å². The molecule has 2 heterocycles. The van der Waals surface area contributed by atoms with E-state index in [-0.39, 0.29) is 5.41 Å². The summed E-state index contributed by atoms with van der Waals surface area (Å²) >= 11 is 0. The summed E-state index contributed by atoms with van der Waals surface area (Å²) in [5.41, 5.74) is 10.1. The first-order valence-electron chi connectivity index (χ1n) is 18.7. The largest absolute Gasteiger partial charge is 0.456 e. The SMILES string of the molecule is CC(C)(C)c1ccc(-c2cc(-c3cc4ccccc4o3)c3ccc4c(-c5cccc6ccccc56)cc(-c5cc6ccccc6o5)c5ccc2c3c54)cc1. The van der Waals surface area contributed by atoms with Crippen LogP contribution >= 0.6 is 0 Å². The smallest absolute Gasteiger partial charge is 0.136 e. The van der Waals surface area contributed by atoms with E-state index in [1.54, 1.807) is 0 Å². The summed E-state index contributed by atoms with van der Waals surface area (Å²) in [6.45, 7) is 6.81. The van der Waals surface area contributed by atoms with Crippen LogP contribution in [0.2, 0.25) is 0 Å². The van der Waals surface area contributed by atoms with Crippen molar-refractivity contribution < 1.29 is 8.83 Å². The zero-order valence-corrected chi connectivity index (χ0v) is 30.4. The number of hydrogen-bond donors (Lipinski definition) is 0. The van der Waals surface area contributed by atoms with Crippen molar-refractivity contribution in [2.45, 2.75) is 26.2 Å². The third-order valence-corrected chi connectivity index (χ3v) is 11.4. The van der Waals surface area contributed by atoms with E-state index in [4.69, 9.17) is 8.83 Å². The standard InChI is InChI=1S/C52H36O2/c1-52(2,3)35-21-19-32(20-22-35)42-29-44(48-27-33-12-5-8-17-46(33)53-48)40-26-24-39-43(37-16-10-14-31-11-4-7-15-36(31)37)30-45(41-25-23-38(42)50(40)51(39)41)49-28-34-13-6-9-18-47(34)54-49/h4-30H,1-3H3. The fourth-order valence-corrected chi connectivity index (χ4v) is 8.70. The highest BCUT2D eigenvalue weighted by atomic mass is 16.3. The number of para-hydroxylation sites is 2. The number of hydrogen-bond acceptors (Lipinski definition) is 2. The lowest BCUT2D eigenvalue weighted by atomic mass is 9.82. The summed E-state index contributed by atoms with van der Waals surface area (Å²) in [6, 6.07) is 59.4. The second-order valence-electron chi connectivity index (χ2n) is 15.7. The minimum atomic E-state index is 0.0612. The predicted molar refractivity (Wildman–Crippen MR) is 228 cm³/mol. The van der Waals surface area contributed by atoms with Gasteiger partial charge in [-0.15, -0.1) is 0 Å². The fraction of sp³-hybridized carbons (Fsp3) is 0.0769. The Bertz CT molecular complexity index is 3170. The molecule has 0 spiro atoms. The highest BCUT2D eigenvalue weighted by Crippen LogP contribution is 2.50. The third-order valence-electron chi connectivity index (χ3n) is 11.4. The normalized spacial score (nSPS) is 12.4. The van der Waals surface area contributed by atoms with Crippen LogP contribution in [0.1, 0.15) is 26.3 Å². The van der Waals surface area contributed by atoms with Crippen LogP contribution in [-0.2, 0) is 5.41 Å². The second-order valence-corrected chi connectivity index (χ2v) is 15.7. The maximum absolute atomic E-state index is 6.67. The summed E-state index contributed by atoms with van der Waals surface area (Å²) in [6.07, 6.45) is 0. The Morgan fingerprint density at radius 2 is 0.833 bits per heavy atom. The van der Waals surface area contributed by atoms with Gasteiger partial charge >= 0.3 is 0 Å². The van der Waals surface area contributed by atoms with Gasteiger partial charge in [0.05, 0.1) is 0 Å². The van der Waals surface area contributed by atoms with E-state index in [1.165, 1.54) is 70.9 Å². The molecule has 0 atom stereocenters. The number of fused-ring (bicyclic) bond motifs is 3. The van der Waals surface area contributed by atoms with E-state index in [1.807, 2.05) is 12.1 Å². The number of rotatable bonds is 4. The van der Waals surface area contributed by atoms with Crippen LogP contribution in [0.15, 0.2) is 173 Å². The van der Waals surface area contributed by atoms with Gasteiger partial charge in [-0.3, -0.25) is 0 Å². The number of furan rings is 2. The van der Waals surface area contributed by atoms with Gasteiger partial charge < -0.3 is 8.83 Å². The fourth-order valence-electron chi connectivity index (χ4n) is 8.70. The van der Waals surface area contributed by atoms with Gasteiger partial charge in [0.25, 0.3) is 0 Å². The Morgan fingerprint density at radius 1 is 0.352 bits per heavy atom. The predicted octanol–water partition coefficient (Wildman–Crippen LogP) is 15.2. The Hall–Kier alpha value is -6.64. The minimum Gasteiger partial charge on any atom is -0.456 e. The average Bonchev–Trinajstić information content (AvgIpc) is 3.84. The van der Waals surface area contributed by atoms with Gasteiger partial charge in [-0.05, 0) is 113 Å². The Kier molecular flexibility index (Phi) is 6.55. The van der Waals surface area contributed by atoms with Crippen molar-refractivity contribution in [3.05, 3.63) is 169 Å². The second kappa shape index (κ2) is 11.4. The molecule has 0 aliphatic heterocycles. The van der Waals surface area contributed by atoms with Crippen molar-refractivity contribution >= 4 is 65.0 Å². The lowest BCUT2D eigenvalue weighted by molar-refractivity contribution is 0.590. The maximum atomic E-state index is 6.67. The van der Waals surface area contributed by atoms with Gasteiger partial charge in [-0.25, -0.2) is 0 Å². The summed E-state index contributed by atoms with van der Waals surface area (Å²) in [5, 5.41) is 11.9. The molecule has 11 aromatic rings. The van der Waals surface area contributed by atoms with Crippen LogP contribution in [0, 0.1) is 0 Å². The molecule has 0 amide bonds. The van der Waals surface area contributed by atoms with Crippen LogP contribution < -0.4 is 0 Å². The summed E-state index contributed by atoms with van der Waals surface area (Å²) < 4.78 is 13.3. The molecule has 0 fully saturated rings. The first-order valence-corrected chi connectivity index (χ1v) is 18.7. The molecule has 0 radical (unpaired) electrons. The third kappa shape index (κ3) is 4.66. The molecule has 0 unspecified atom stereocenters. The monoisotopic (exact) mass is 692 g/mol. The highest BCUT2D eigenvalue weighted by Gasteiger charge is 2.24. The molecule has 2 heteroatoms. The lowest BCUT2D eigenvalue weighted by Gasteiger charge is -2.22.